The second-order valence-electron chi connectivity index (χ2n) is 6.68. The lowest BCUT2D eigenvalue weighted by Gasteiger charge is -2.15. The molecule has 1 unspecified atom stereocenters. The Labute approximate surface area is 152 Å². The minimum atomic E-state index is -0.0592. The van der Waals surface area contributed by atoms with Crippen LogP contribution in [0.1, 0.15) is 36.7 Å². The maximum atomic E-state index is 12.5. The third kappa shape index (κ3) is 3.85. The number of carbonyl (C=O) groups is 1. The van der Waals surface area contributed by atoms with Gasteiger partial charge in [0.15, 0.2) is 0 Å². The number of nitrogens with zero attached hydrogens (tertiary/aromatic N) is 2. The van der Waals surface area contributed by atoms with E-state index in [0.29, 0.717) is 12.3 Å². The Morgan fingerprint density at radius 2 is 2.12 bits per heavy atom. The Bertz CT molecular complexity index is 739. The van der Waals surface area contributed by atoms with Crippen LogP contribution in [0.2, 0.25) is 0 Å². The lowest BCUT2D eigenvalue weighted by Crippen LogP contribution is -2.37. The quantitative estimate of drug-likeness (QED) is 0.863. The summed E-state index contributed by atoms with van der Waals surface area (Å²) in [6.45, 7) is 4.70. The van der Waals surface area contributed by atoms with Gasteiger partial charge in [-0.05, 0) is 50.5 Å². The van der Waals surface area contributed by atoms with Crippen LogP contribution in [-0.2, 0) is 0 Å². The van der Waals surface area contributed by atoms with Gasteiger partial charge in [-0.15, -0.1) is 11.3 Å². The predicted octanol–water partition coefficient (Wildman–Crippen LogP) is 3.18. The summed E-state index contributed by atoms with van der Waals surface area (Å²) in [5.41, 5.74) is 1.52. The molecule has 0 bridgehead atoms. The summed E-state index contributed by atoms with van der Waals surface area (Å²) >= 11 is 1.50. The first-order chi connectivity index (χ1) is 12.2. The number of amides is 1. The van der Waals surface area contributed by atoms with Crippen LogP contribution in [0.25, 0.3) is 10.6 Å². The van der Waals surface area contributed by atoms with Gasteiger partial charge >= 0.3 is 0 Å². The Morgan fingerprint density at radius 3 is 2.84 bits per heavy atom. The number of nitrogens with one attached hydrogen (secondary N) is 1. The van der Waals surface area contributed by atoms with Crippen molar-refractivity contribution >= 4 is 17.2 Å². The van der Waals surface area contributed by atoms with E-state index in [2.05, 4.69) is 15.2 Å². The van der Waals surface area contributed by atoms with Crippen molar-refractivity contribution in [3.05, 3.63) is 35.3 Å². The number of rotatable bonds is 6. The Morgan fingerprint density at radius 1 is 1.32 bits per heavy atom. The summed E-state index contributed by atoms with van der Waals surface area (Å²) < 4.78 is 5.46. The average molecular weight is 357 g/mol. The molecule has 2 aliphatic rings. The molecule has 25 heavy (non-hydrogen) atoms. The van der Waals surface area contributed by atoms with Gasteiger partial charge in [0, 0.05) is 36.1 Å². The summed E-state index contributed by atoms with van der Waals surface area (Å²) in [5.74, 6) is 0.790. The number of hydrogen-bond acceptors (Lipinski definition) is 5. The molecular formula is C19H23N3O2S. The van der Waals surface area contributed by atoms with Crippen LogP contribution >= 0.6 is 11.3 Å². The number of hydrogen-bond donors (Lipinski definition) is 1. The largest absolute Gasteiger partial charge is 0.494 e. The molecule has 1 atom stereocenters. The van der Waals surface area contributed by atoms with Crippen molar-refractivity contribution in [1.29, 1.82) is 0 Å². The van der Waals surface area contributed by atoms with Crippen molar-refractivity contribution < 1.29 is 9.53 Å². The lowest BCUT2D eigenvalue weighted by molar-refractivity contribution is 0.0933. The van der Waals surface area contributed by atoms with Gasteiger partial charge < -0.3 is 10.1 Å². The molecule has 1 N–H and O–H groups in total. The molecule has 1 aromatic heterocycles. The van der Waals surface area contributed by atoms with E-state index in [4.69, 9.17) is 4.74 Å². The third-order valence-corrected chi connectivity index (χ3v) is 5.66. The maximum absolute atomic E-state index is 12.5. The molecule has 1 amide bonds. The molecule has 1 saturated carbocycles. The van der Waals surface area contributed by atoms with Crippen molar-refractivity contribution in [3.63, 3.8) is 0 Å². The summed E-state index contributed by atoms with van der Waals surface area (Å²) in [6, 6.07) is 8.86. The van der Waals surface area contributed by atoms with Crippen LogP contribution in [0.4, 0.5) is 0 Å². The number of carbonyl (C=O) groups excluding carboxylic acids is 1. The molecule has 2 heterocycles. The van der Waals surface area contributed by atoms with Crippen molar-refractivity contribution in [2.75, 3.05) is 19.7 Å². The topological polar surface area (TPSA) is 54.5 Å². The zero-order valence-electron chi connectivity index (χ0n) is 14.4. The minimum absolute atomic E-state index is 0.0592. The molecule has 1 aliphatic carbocycles. The van der Waals surface area contributed by atoms with Crippen LogP contribution < -0.4 is 10.1 Å². The van der Waals surface area contributed by atoms with Gasteiger partial charge in [-0.2, -0.15) is 0 Å². The first-order valence-corrected chi connectivity index (χ1v) is 9.84. The van der Waals surface area contributed by atoms with Gasteiger partial charge in [-0.3, -0.25) is 9.69 Å². The SMILES string of the molecule is CCOc1ccc(-c2nc(C(=O)NC3CCN(C4CC4)C3)cs2)cc1. The molecule has 132 valence electrons. The minimum Gasteiger partial charge on any atom is -0.494 e. The van der Waals surface area contributed by atoms with Crippen LogP contribution in [0.5, 0.6) is 5.75 Å². The average Bonchev–Trinajstić information content (AvgIpc) is 3.17. The van der Waals surface area contributed by atoms with Crippen LogP contribution in [-0.4, -0.2) is 47.6 Å². The highest BCUT2D eigenvalue weighted by Gasteiger charge is 2.35. The zero-order valence-corrected chi connectivity index (χ0v) is 15.2. The van der Waals surface area contributed by atoms with E-state index in [-0.39, 0.29) is 11.9 Å². The smallest absolute Gasteiger partial charge is 0.271 e. The number of thiazole rings is 1. The van der Waals surface area contributed by atoms with Crippen molar-refractivity contribution in [2.24, 2.45) is 0 Å². The van der Waals surface area contributed by atoms with Gasteiger partial charge in [0.1, 0.15) is 16.5 Å². The monoisotopic (exact) mass is 357 g/mol. The lowest BCUT2D eigenvalue weighted by atomic mass is 10.2. The molecule has 1 aromatic carbocycles. The fourth-order valence-corrected chi connectivity index (χ4v) is 4.11. The Balaban J connectivity index is 1.37. The normalized spacial score (nSPS) is 20.6. The second kappa shape index (κ2) is 7.14. The summed E-state index contributed by atoms with van der Waals surface area (Å²) in [6.07, 6.45) is 3.68. The molecule has 0 spiro atoms. The molecule has 1 aliphatic heterocycles. The van der Waals surface area contributed by atoms with Gasteiger partial charge in [0.05, 0.1) is 6.61 Å². The second-order valence-corrected chi connectivity index (χ2v) is 7.54. The number of aromatic nitrogens is 1. The van der Waals surface area contributed by atoms with E-state index < -0.39 is 0 Å². The highest BCUT2D eigenvalue weighted by atomic mass is 32.1. The molecule has 6 heteroatoms. The summed E-state index contributed by atoms with van der Waals surface area (Å²) in [7, 11) is 0. The highest BCUT2D eigenvalue weighted by molar-refractivity contribution is 7.13. The van der Waals surface area contributed by atoms with E-state index in [1.54, 1.807) is 0 Å². The van der Waals surface area contributed by atoms with Crippen molar-refractivity contribution in [3.8, 4) is 16.3 Å². The molecular weight excluding hydrogens is 334 g/mol. The highest BCUT2D eigenvalue weighted by Crippen LogP contribution is 2.30. The third-order valence-electron chi connectivity index (χ3n) is 4.77. The molecule has 0 radical (unpaired) electrons. The zero-order chi connectivity index (χ0) is 17.2. The Kier molecular flexibility index (Phi) is 4.72. The van der Waals surface area contributed by atoms with Gasteiger partial charge in [-0.1, -0.05) is 0 Å². The fourth-order valence-electron chi connectivity index (χ4n) is 3.31. The Hall–Kier alpha value is -1.92. The molecule has 4 rings (SSSR count). The van der Waals surface area contributed by atoms with Crippen molar-refractivity contribution in [1.82, 2.24) is 15.2 Å². The summed E-state index contributed by atoms with van der Waals surface area (Å²) in [4.78, 5) is 19.5. The van der Waals surface area contributed by atoms with E-state index in [1.165, 1.54) is 24.2 Å². The van der Waals surface area contributed by atoms with Gasteiger partial charge in [0.25, 0.3) is 5.91 Å². The van der Waals surface area contributed by atoms with Crippen LogP contribution in [0.3, 0.4) is 0 Å². The molecule has 5 nitrogen and oxygen atoms in total. The predicted molar refractivity (Wildman–Crippen MR) is 99.2 cm³/mol. The standard InChI is InChI=1S/C19H23N3O2S/c1-2-24-16-7-3-13(4-8-16)19-21-17(12-25-19)18(23)20-14-9-10-22(11-14)15-5-6-15/h3-4,7-8,12,14-15H,2,5-6,9-11H2,1H3,(H,20,23). The number of ether oxygens (including phenoxy) is 1. The fraction of sp³-hybridized carbons (Fsp3) is 0.474. The van der Waals surface area contributed by atoms with E-state index in [1.807, 2.05) is 36.6 Å². The van der Waals surface area contributed by atoms with Gasteiger partial charge in [0.2, 0.25) is 0 Å². The first kappa shape index (κ1) is 16.5. The van der Waals surface area contributed by atoms with Crippen LogP contribution in [0.15, 0.2) is 29.6 Å². The van der Waals surface area contributed by atoms with Gasteiger partial charge in [-0.25, -0.2) is 4.98 Å². The van der Waals surface area contributed by atoms with Crippen LogP contribution in [0, 0.1) is 0 Å². The summed E-state index contributed by atoms with van der Waals surface area (Å²) in [5, 5.41) is 5.84. The molecule has 2 fully saturated rings. The first-order valence-electron chi connectivity index (χ1n) is 8.96. The molecule has 2 aromatic rings. The number of likely N-dealkylation sites (tertiary alicyclic amines) is 1. The van der Waals surface area contributed by atoms with E-state index >= 15 is 0 Å². The molecule has 1 saturated heterocycles. The maximum Gasteiger partial charge on any atom is 0.271 e. The van der Waals surface area contributed by atoms with E-state index in [0.717, 1.165) is 41.9 Å². The number of benzene rings is 1. The van der Waals surface area contributed by atoms with Crippen molar-refractivity contribution in [2.45, 2.75) is 38.3 Å². The van der Waals surface area contributed by atoms with E-state index in [9.17, 15) is 4.79 Å².